The van der Waals surface area contributed by atoms with Gasteiger partial charge in [0, 0.05) is 41.1 Å². The van der Waals surface area contributed by atoms with Crippen molar-refractivity contribution < 1.29 is 22.7 Å². The second kappa shape index (κ2) is 9.20. The third kappa shape index (κ3) is 4.67. The number of benzene rings is 1. The standard InChI is InChI=1S/C26H27F3N4O2/c1-6-33-13-19-16(25(33)34)7-8-30-24(19)31-14(2)17-11-21(28)18(12-20(17)27)22-9-15(26(3,4)29)10-23(32-22)35-5/h7-12,14H,6,13H2,1-5H3,(H,30,31)/t14-/m0/s1. The Labute approximate surface area is 202 Å². The van der Waals surface area contributed by atoms with E-state index in [9.17, 15) is 9.18 Å². The minimum atomic E-state index is -1.73. The summed E-state index contributed by atoms with van der Waals surface area (Å²) in [5.74, 6) is -0.902. The van der Waals surface area contributed by atoms with Crippen LogP contribution in [0.25, 0.3) is 11.3 Å². The van der Waals surface area contributed by atoms with Gasteiger partial charge in [0.1, 0.15) is 23.1 Å². The highest BCUT2D eigenvalue weighted by molar-refractivity contribution is 5.99. The van der Waals surface area contributed by atoms with Crippen molar-refractivity contribution in [3.63, 3.8) is 0 Å². The first-order valence-electron chi connectivity index (χ1n) is 11.3. The van der Waals surface area contributed by atoms with E-state index in [0.717, 1.165) is 17.7 Å². The van der Waals surface area contributed by atoms with Crippen molar-refractivity contribution in [3.8, 4) is 17.1 Å². The van der Waals surface area contributed by atoms with Crippen LogP contribution in [0.2, 0.25) is 0 Å². The van der Waals surface area contributed by atoms with E-state index in [0.29, 0.717) is 24.5 Å². The quantitative estimate of drug-likeness (QED) is 0.460. The molecule has 3 heterocycles. The Hall–Kier alpha value is -3.62. The third-order valence-electron chi connectivity index (χ3n) is 6.18. The van der Waals surface area contributed by atoms with Gasteiger partial charge in [0.15, 0.2) is 0 Å². The number of pyridine rings is 2. The lowest BCUT2D eigenvalue weighted by atomic mass is 9.97. The Morgan fingerprint density at radius 2 is 1.91 bits per heavy atom. The van der Waals surface area contributed by atoms with E-state index in [1.54, 1.807) is 17.9 Å². The Bertz CT molecular complexity index is 1290. The maximum atomic E-state index is 15.2. The number of methoxy groups -OCH3 is 1. The van der Waals surface area contributed by atoms with Crippen molar-refractivity contribution >= 4 is 11.7 Å². The van der Waals surface area contributed by atoms with Crippen molar-refractivity contribution in [1.29, 1.82) is 0 Å². The smallest absolute Gasteiger partial charge is 0.254 e. The van der Waals surface area contributed by atoms with Gasteiger partial charge in [0.05, 0.1) is 25.4 Å². The molecular formula is C26H27F3N4O2. The number of hydrogen-bond acceptors (Lipinski definition) is 5. The van der Waals surface area contributed by atoms with Gasteiger partial charge in [-0.1, -0.05) is 0 Å². The molecule has 1 atom stereocenters. The summed E-state index contributed by atoms with van der Waals surface area (Å²) in [4.78, 5) is 22.7. The largest absolute Gasteiger partial charge is 0.481 e. The second-order valence-electron chi connectivity index (χ2n) is 8.98. The number of rotatable bonds is 7. The van der Waals surface area contributed by atoms with Crippen LogP contribution in [-0.4, -0.2) is 34.4 Å². The van der Waals surface area contributed by atoms with Gasteiger partial charge >= 0.3 is 0 Å². The number of aromatic nitrogens is 2. The van der Waals surface area contributed by atoms with Gasteiger partial charge in [-0.2, -0.15) is 0 Å². The van der Waals surface area contributed by atoms with E-state index in [-0.39, 0.29) is 34.2 Å². The molecule has 0 aliphatic carbocycles. The van der Waals surface area contributed by atoms with Gasteiger partial charge in [-0.05, 0) is 57.5 Å². The summed E-state index contributed by atoms with van der Waals surface area (Å²) in [6, 6.07) is 5.96. The maximum Gasteiger partial charge on any atom is 0.254 e. The summed E-state index contributed by atoms with van der Waals surface area (Å²) >= 11 is 0. The highest BCUT2D eigenvalue weighted by Crippen LogP contribution is 2.35. The predicted octanol–water partition coefficient (Wildman–Crippen LogP) is 5.78. The molecule has 9 heteroatoms. The fraction of sp³-hybridized carbons (Fsp3) is 0.346. The van der Waals surface area contributed by atoms with E-state index < -0.39 is 23.3 Å². The molecule has 0 radical (unpaired) electrons. The first-order chi connectivity index (χ1) is 16.5. The van der Waals surface area contributed by atoms with E-state index in [2.05, 4.69) is 15.3 Å². The molecule has 1 N–H and O–H groups in total. The minimum Gasteiger partial charge on any atom is -0.481 e. The molecule has 0 saturated carbocycles. The zero-order valence-corrected chi connectivity index (χ0v) is 20.2. The number of halogens is 3. The van der Waals surface area contributed by atoms with Crippen molar-refractivity contribution in [3.05, 3.63) is 70.4 Å². The molecule has 35 heavy (non-hydrogen) atoms. The molecule has 1 aliphatic heterocycles. The fourth-order valence-electron chi connectivity index (χ4n) is 4.13. The van der Waals surface area contributed by atoms with Crippen LogP contribution in [0.3, 0.4) is 0 Å². The van der Waals surface area contributed by atoms with Crippen LogP contribution in [-0.2, 0) is 12.2 Å². The monoisotopic (exact) mass is 484 g/mol. The number of anilines is 1. The summed E-state index contributed by atoms with van der Waals surface area (Å²) in [5.41, 5.74) is -0.176. The normalized spacial score (nSPS) is 14.2. The molecule has 1 amide bonds. The van der Waals surface area contributed by atoms with Crippen LogP contribution in [0.5, 0.6) is 5.88 Å². The molecule has 4 rings (SSSR count). The fourth-order valence-corrected chi connectivity index (χ4v) is 4.13. The van der Waals surface area contributed by atoms with Crippen LogP contribution < -0.4 is 10.1 Å². The molecule has 0 spiro atoms. The molecule has 6 nitrogen and oxygen atoms in total. The number of carbonyl (C=O) groups excluding carboxylic acids is 1. The molecular weight excluding hydrogens is 457 g/mol. The summed E-state index contributed by atoms with van der Waals surface area (Å²) in [5, 5.41) is 3.12. The number of nitrogens with zero attached hydrogens (tertiary/aromatic N) is 3. The van der Waals surface area contributed by atoms with Crippen LogP contribution in [0.1, 0.15) is 60.8 Å². The molecule has 1 aliphatic rings. The van der Waals surface area contributed by atoms with E-state index in [1.807, 2.05) is 6.92 Å². The maximum absolute atomic E-state index is 15.2. The number of ether oxygens (including phenoxy) is 1. The van der Waals surface area contributed by atoms with Gasteiger partial charge in [-0.3, -0.25) is 4.79 Å². The molecule has 0 unspecified atom stereocenters. The van der Waals surface area contributed by atoms with Gasteiger partial charge < -0.3 is 15.0 Å². The van der Waals surface area contributed by atoms with Crippen LogP contribution in [0.15, 0.2) is 36.5 Å². The van der Waals surface area contributed by atoms with Crippen LogP contribution in [0, 0.1) is 11.6 Å². The Kier molecular flexibility index (Phi) is 6.44. The molecule has 3 aromatic rings. The average Bonchev–Trinajstić information content (AvgIpc) is 3.16. The number of hydrogen-bond donors (Lipinski definition) is 1. The van der Waals surface area contributed by atoms with Crippen molar-refractivity contribution in [1.82, 2.24) is 14.9 Å². The molecule has 184 valence electrons. The van der Waals surface area contributed by atoms with E-state index in [4.69, 9.17) is 4.74 Å². The number of nitrogens with one attached hydrogen (secondary N) is 1. The zero-order valence-electron chi connectivity index (χ0n) is 20.2. The lowest BCUT2D eigenvalue weighted by Crippen LogP contribution is -2.22. The highest BCUT2D eigenvalue weighted by Gasteiger charge is 2.30. The molecule has 0 saturated heterocycles. The molecule has 0 bridgehead atoms. The van der Waals surface area contributed by atoms with Gasteiger partial charge in [0.25, 0.3) is 5.91 Å². The molecule has 0 fully saturated rings. The van der Waals surface area contributed by atoms with E-state index >= 15 is 8.78 Å². The molecule has 1 aromatic carbocycles. The average molecular weight is 485 g/mol. The predicted molar refractivity (Wildman–Crippen MR) is 127 cm³/mol. The summed E-state index contributed by atoms with van der Waals surface area (Å²) in [6.45, 7) is 7.25. The summed E-state index contributed by atoms with van der Waals surface area (Å²) < 4.78 is 50.1. The lowest BCUT2D eigenvalue weighted by Gasteiger charge is -2.19. The third-order valence-corrected chi connectivity index (χ3v) is 6.18. The first-order valence-corrected chi connectivity index (χ1v) is 11.3. The van der Waals surface area contributed by atoms with Gasteiger partial charge in [-0.25, -0.2) is 23.1 Å². The van der Waals surface area contributed by atoms with Crippen molar-refractivity contribution in [2.75, 3.05) is 19.0 Å². The highest BCUT2D eigenvalue weighted by atomic mass is 19.1. The Morgan fingerprint density at radius 3 is 2.57 bits per heavy atom. The number of fused-ring (bicyclic) bond motifs is 1. The zero-order chi connectivity index (χ0) is 25.5. The first kappa shape index (κ1) is 24.5. The van der Waals surface area contributed by atoms with Crippen LogP contribution in [0.4, 0.5) is 19.0 Å². The SMILES string of the molecule is CCN1Cc2c(ccnc2N[C@@H](C)c2cc(F)c(-c3cc(C(C)(C)F)cc(OC)n3)cc2F)C1=O. The minimum absolute atomic E-state index is 0.0642. The number of carbonyl (C=O) groups is 1. The van der Waals surface area contributed by atoms with Crippen LogP contribution >= 0.6 is 0 Å². The van der Waals surface area contributed by atoms with Crippen molar-refractivity contribution in [2.24, 2.45) is 0 Å². The summed E-state index contributed by atoms with van der Waals surface area (Å²) in [7, 11) is 1.37. The number of alkyl halides is 1. The van der Waals surface area contributed by atoms with Gasteiger partial charge in [-0.15, -0.1) is 0 Å². The number of amides is 1. The van der Waals surface area contributed by atoms with E-state index in [1.165, 1.54) is 39.3 Å². The molecule has 2 aromatic heterocycles. The lowest BCUT2D eigenvalue weighted by molar-refractivity contribution is 0.0787. The second-order valence-corrected chi connectivity index (χ2v) is 8.98. The Balaban J connectivity index is 1.67. The van der Waals surface area contributed by atoms with Gasteiger partial charge in [0.2, 0.25) is 5.88 Å². The summed E-state index contributed by atoms with van der Waals surface area (Å²) in [6.07, 6.45) is 1.52. The Morgan fingerprint density at radius 1 is 1.17 bits per heavy atom. The topological polar surface area (TPSA) is 67.3 Å². The van der Waals surface area contributed by atoms with Crippen molar-refractivity contribution in [2.45, 2.75) is 46.0 Å².